The van der Waals surface area contributed by atoms with Gasteiger partial charge in [0.15, 0.2) is 6.61 Å². The van der Waals surface area contributed by atoms with Gasteiger partial charge in [-0.15, -0.1) is 0 Å². The molecule has 0 saturated heterocycles. The molecule has 1 aromatic carbocycles. The van der Waals surface area contributed by atoms with E-state index in [1.807, 2.05) is 0 Å². The van der Waals surface area contributed by atoms with Gasteiger partial charge in [0.1, 0.15) is 18.1 Å². The van der Waals surface area contributed by atoms with Gasteiger partial charge in [-0.2, -0.15) is 18.3 Å². The summed E-state index contributed by atoms with van der Waals surface area (Å²) in [7, 11) is 0. The SMILES string of the molecule is O=[N+]([O-])c1cnn(Cc2cccc(OCC(F)(F)F)c2)c1. The maximum absolute atomic E-state index is 12.1. The lowest BCUT2D eigenvalue weighted by Crippen LogP contribution is -2.19. The summed E-state index contributed by atoms with van der Waals surface area (Å²) in [5, 5.41) is 14.3. The Bertz CT molecular complexity index is 640. The summed E-state index contributed by atoms with van der Waals surface area (Å²) >= 11 is 0. The number of ether oxygens (including phenoxy) is 1. The van der Waals surface area contributed by atoms with Crippen LogP contribution in [0.2, 0.25) is 0 Å². The summed E-state index contributed by atoms with van der Waals surface area (Å²) in [6.07, 6.45) is -2.06. The molecule has 9 heteroatoms. The van der Waals surface area contributed by atoms with Gasteiger partial charge < -0.3 is 4.74 Å². The second-order valence-electron chi connectivity index (χ2n) is 4.20. The first-order valence-electron chi connectivity index (χ1n) is 5.79. The first kappa shape index (κ1) is 14.8. The van der Waals surface area contributed by atoms with Crippen molar-refractivity contribution >= 4 is 5.69 Å². The van der Waals surface area contributed by atoms with E-state index in [1.165, 1.54) is 23.0 Å². The molecule has 21 heavy (non-hydrogen) atoms. The smallest absolute Gasteiger partial charge is 0.422 e. The maximum Gasteiger partial charge on any atom is 0.422 e. The second kappa shape index (κ2) is 5.81. The normalized spacial score (nSPS) is 11.4. The Labute approximate surface area is 116 Å². The zero-order chi connectivity index (χ0) is 15.5. The molecule has 0 bridgehead atoms. The van der Waals surface area contributed by atoms with Crippen LogP contribution in [0.1, 0.15) is 5.56 Å². The van der Waals surface area contributed by atoms with Gasteiger partial charge in [-0.3, -0.25) is 14.8 Å². The number of aromatic nitrogens is 2. The lowest BCUT2D eigenvalue weighted by molar-refractivity contribution is -0.385. The van der Waals surface area contributed by atoms with Crippen molar-refractivity contribution in [2.24, 2.45) is 0 Å². The van der Waals surface area contributed by atoms with Crippen LogP contribution in [0.3, 0.4) is 0 Å². The molecule has 0 N–H and O–H groups in total. The molecule has 0 aliphatic rings. The fraction of sp³-hybridized carbons (Fsp3) is 0.250. The Morgan fingerprint density at radius 1 is 1.38 bits per heavy atom. The molecule has 0 spiro atoms. The number of rotatable bonds is 5. The van der Waals surface area contributed by atoms with Gasteiger partial charge in [0.25, 0.3) is 0 Å². The number of nitrogens with zero attached hydrogens (tertiary/aromatic N) is 3. The first-order valence-corrected chi connectivity index (χ1v) is 5.79. The second-order valence-corrected chi connectivity index (χ2v) is 4.20. The summed E-state index contributed by atoms with van der Waals surface area (Å²) < 4.78 is 42.1. The van der Waals surface area contributed by atoms with E-state index in [4.69, 9.17) is 0 Å². The van der Waals surface area contributed by atoms with E-state index in [2.05, 4.69) is 9.84 Å². The molecule has 0 atom stereocenters. The zero-order valence-electron chi connectivity index (χ0n) is 10.6. The fourth-order valence-corrected chi connectivity index (χ4v) is 1.62. The van der Waals surface area contributed by atoms with Crippen LogP contribution in [0.15, 0.2) is 36.7 Å². The number of benzene rings is 1. The fourth-order valence-electron chi connectivity index (χ4n) is 1.62. The largest absolute Gasteiger partial charge is 0.484 e. The highest BCUT2D eigenvalue weighted by Gasteiger charge is 2.28. The van der Waals surface area contributed by atoms with Crippen LogP contribution in [0, 0.1) is 10.1 Å². The van der Waals surface area contributed by atoms with E-state index in [0.29, 0.717) is 5.56 Å². The monoisotopic (exact) mass is 301 g/mol. The van der Waals surface area contributed by atoms with Crippen LogP contribution in [-0.2, 0) is 6.54 Å². The van der Waals surface area contributed by atoms with Gasteiger partial charge in [-0.05, 0) is 17.7 Å². The van der Waals surface area contributed by atoms with Crippen LogP contribution >= 0.6 is 0 Å². The van der Waals surface area contributed by atoms with E-state index in [1.54, 1.807) is 12.1 Å². The predicted octanol–water partition coefficient (Wildman–Crippen LogP) is 2.78. The van der Waals surface area contributed by atoms with Gasteiger partial charge >= 0.3 is 11.9 Å². The van der Waals surface area contributed by atoms with Crippen molar-refractivity contribution in [1.29, 1.82) is 0 Å². The van der Waals surface area contributed by atoms with Crippen molar-refractivity contribution in [2.45, 2.75) is 12.7 Å². The molecule has 0 saturated carbocycles. The van der Waals surface area contributed by atoms with Crippen LogP contribution in [0.5, 0.6) is 5.75 Å². The minimum Gasteiger partial charge on any atom is -0.484 e. The van der Waals surface area contributed by atoms with Gasteiger partial charge in [-0.1, -0.05) is 12.1 Å². The van der Waals surface area contributed by atoms with Crippen LogP contribution in [0.4, 0.5) is 18.9 Å². The summed E-state index contributed by atoms with van der Waals surface area (Å²) in [4.78, 5) is 9.95. The quantitative estimate of drug-likeness (QED) is 0.629. The Balaban J connectivity index is 2.04. The van der Waals surface area contributed by atoms with Crippen molar-refractivity contribution in [2.75, 3.05) is 6.61 Å². The third-order valence-corrected chi connectivity index (χ3v) is 2.48. The molecule has 0 aliphatic heterocycles. The molecular formula is C12H10F3N3O3. The minimum atomic E-state index is -4.40. The van der Waals surface area contributed by atoms with Crippen molar-refractivity contribution < 1.29 is 22.8 Å². The number of hydrogen-bond donors (Lipinski definition) is 0. The molecule has 0 amide bonds. The van der Waals surface area contributed by atoms with E-state index in [9.17, 15) is 23.3 Å². The van der Waals surface area contributed by atoms with Crippen LogP contribution < -0.4 is 4.74 Å². The topological polar surface area (TPSA) is 70.2 Å². The molecule has 0 fully saturated rings. The standard InChI is InChI=1S/C12H10F3N3O3/c13-12(14,15)8-21-11-3-1-2-9(4-11)6-17-7-10(5-16-17)18(19)20/h1-5,7H,6,8H2. The number of alkyl halides is 3. The van der Waals surface area contributed by atoms with E-state index in [-0.39, 0.29) is 18.0 Å². The number of halogens is 3. The molecule has 2 rings (SSSR count). The lowest BCUT2D eigenvalue weighted by Gasteiger charge is -2.10. The maximum atomic E-state index is 12.1. The highest BCUT2D eigenvalue weighted by atomic mass is 19.4. The van der Waals surface area contributed by atoms with Gasteiger partial charge in [0.05, 0.1) is 11.5 Å². The Morgan fingerprint density at radius 3 is 2.76 bits per heavy atom. The third-order valence-electron chi connectivity index (χ3n) is 2.48. The highest BCUT2D eigenvalue weighted by Crippen LogP contribution is 2.20. The van der Waals surface area contributed by atoms with Crippen molar-refractivity contribution in [3.8, 4) is 5.75 Å². The lowest BCUT2D eigenvalue weighted by atomic mass is 10.2. The average Bonchev–Trinajstić information content (AvgIpc) is 2.85. The Hall–Kier alpha value is -2.58. The van der Waals surface area contributed by atoms with Gasteiger partial charge in [-0.25, -0.2) is 0 Å². The van der Waals surface area contributed by atoms with Crippen molar-refractivity contribution in [3.05, 3.63) is 52.3 Å². The molecule has 1 aromatic heterocycles. The summed E-state index contributed by atoms with van der Waals surface area (Å²) in [6, 6.07) is 6.03. The van der Waals surface area contributed by atoms with Crippen molar-refractivity contribution in [1.82, 2.24) is 9.78 Å². The summed E-state index contributed by atoms with van der Waals surface area (Å²) in [5.74, 6) is 0.0754. The minimum absolute atomic E-state index is 0.0754. The first-order chi connectivity index (χ1) is 9.83. The van der Waals surface area contributed by atoms with Crippen LogP contribution in [0.25, 0.3) is 0 Å². The molecule has 0 unspecified atom stereocenters. The van der Waals surface area contributed by atoms with E-state index < -0.39 is 17.7 Å². The molecule has 0 aliphatic carbocycles. The van der Waals surface area contributed by atoms with E-state index in [0.717, 1.165) is 6.20 Å². The molecule has 6 nitrogen and oxygen atoms in total. The van der Waals surface area contributed by atoms with Gasteiger partial charge in [0, 0.05) is 0 Å². The van der Waals surface area contributed by atoms with E-state index >= 15 is 0 Å². The predicted molar refractivity (Wildman–Crippen MR) is 66.0 cm³/mol. The average molecular weight is 301 g/mol. The Kier molecular flexibility index (Phi) is 4.10. The zero-order valence-corrected chi connectivity index (χ0v) is 10.6. The number of nitro groups is 1. The van der Waals surface area contributed by atoms with Gasteiger partial charge in [0.2, 0.25) is 0 Å². The number of hydrogen-bond acceptors (Lipinski definition) is 4. The Morgan fingerprint density at radius 2 is 2.14 bits per heavy atom. The summed E-state index contributed by atoms with van der Waals surface area (Å²) in [5.41, 5.74) is 0.465. The molecule has 112 valence electrons. The molecule has 1 heterocycles. The van der Waals surface area contributed by atoms with Crippen molar-refractivity contribution in [3.63, 3.8) is 0 Å². The van der Waals surface area contributed by atoms with Crippen LogP contribution in [-0.4, -0.2) is 27.5 Å². The molecule has 2 aromatic rings. The molecular weight excluding hydrogens is 291 g/mol. The third kappa shape index (κ3) is 4.48. The summed E-state index contributed by atoms with van der Waals surface area (Å²) in [6.45, 7) is -1.18. The molecule has 0 radical (unpaired) electrons. The highest BCUT2D eigenvalue weighted by molar-refractivity contribution is 5.29.